The maximum Gasteiger partial charge on any atom is 0.264 e. The van der Waals surface area contributed by atoms with E-state index in [0.717, 1.165) is 19.2 Å². The standard InChI is InChI=1S/C24H16BrCl2IN2O3S/c1-32-19-10-14(9-17(28)22(19)33-12-13-5-7-15(25)8-6-13)11-20-23(31)30-24(34-20)29-18-4-2-3-16(26)21(18)27/h2-11H,12H2,1H3,(H,29,30,31)/b20-11+. The van der Waals surface area contributed by atoms with E-state index in [1.807, 2.05) is 36.4 Å². The van der Waals surface area contributed by atoms with Crippen molar-refractivity contribution in [3.8, 4) is 11.5 Å². The fourth-order valence-corrected chi connectivity index (χ4v) is 5.24. The molecule has 1 aliphatic rings. The second-order valence-corrected chi connectivity index (χ2v) is 10.9. The first-order chi connectivity index (χ1) is 16.3. The number of carbonyl (C=O) groups is 1. The Bertz CT molecular complexity index is 1320. The van der Waals surface area contributed by atoms with Crippen molar-refractivity contribution < 1.29 is 14.3 Å². The molecule has 0 aliphatic carbocycles. The van der Waals surface area contributed by atoms with Crippen LogP contribution >= 0.6 is 73.5 Å². The lowest BCUT2D eigenvalue weighted by atomic mass is 10.2. The highest BCUT2D eigenvalue weighted by molar-refractivity contribution is 14.1. The van der Waals surface area contributed by atoms with E-state index in [4.69, 9.17) is 32.7 Å². The molecule has 0 spiro atoms. The zero-order chi connectivity index (χ0) is 24.2. The lowest BCUT2D eigenvalue weighted by molar-refractivity contribution is -0.115. The third-order valence-corrected chi connectivity index (χ3v) is 7.70. The molecule has 0 aromatic heterocycles. The van der Waals surface area contributed by atoms with Crippen LogP contribution in [0.1, 0.15) is 11.1 Å². The smallest absolute Gasteiger partial charge is 0.264 e. The Morgan fingerprint density at radius 1 is 1.18 bits per heavy atom. The van der Waals surface area contributed by atoms with Crippen LogP contribution < -0.4 is 14.8 Å². The zero-order valence-electron chi connectivity index (χ0n) is 17.6. The third kappa shape index (κ3) is 6.09. The van der Waals surface area contributed by atoms with E-state index in [1.54, 1.807) is 31.4 Å². The molecule has 0 unspecified atom stereocenters. The Labute approximate surface area is 233 Å². The fraction of sp³-hybridized carbons (Fsp3) is 0.0833. The van der Waals surface area contributed by atoms with Crippen molar-refractivity contribution in [2.75, 3.05) is 7.11 Å². The van der Waals surface area contributed by atoms with Gasteiger partial charge in [0.1, 0.15) is 6.61 Å². The summed E-state index contributed by atoms with van der Waals surface area (Å²) in [5.41, 5.74) is 2.33. The summed E-state index contributed by atoms with van der Waals surface area (Å²) in [4.78, 5) is 17.4. The lowest BCUT2D eigenvalue weighted by Crippen LogP contribution is -2.19. The van der Waals surface area contributed by atoms with E-state index in [1.165, 1.54) is 11.8 Å². The summed E-state index contributed by atoms with van der Waals surface area (Å²) >= 11 is 19.1. The van der Waals surface area contributed by atoms with Crippen LogP contribution in [0.4, 0.5) is 5.69 Å². The van der Waals surface area contributed by atoms with Crippen LogP contribution in [0.25, 0.3) is 6.08 Å². The number of amidine groups is 1. The van der Waals surface area contributed by atoms with Gasteiger partial charge >= 0.3 is 0 Å². The van der Waals surface area contributed by atoms with E-state index in [-0.39, 0.29) is 5.91 Å². The minimum absolute atomic E-state index is 0.244. The van der Waals surface area contributed by atoms with E-state index >= 15 is 0 Å². The van der Waals surface area contributed by atoms with Crippen LogP contribution in [-0.2, 0) is 11.4 Å². The van der Waals surface area contributed by atoms with Crippen LogP contribution in [0.5, 0.6) is 11.5 Å². The van der Waals surface area contributed by atoms with Crippen molar-refractivity contribution in [2.24, 2.45) is 4.99 Å². The van der Waals surface area contributed by atoms with Gasteiger partial charge in [-0.2, -0.15) is 0 Å². The molecule has 1 amide bonds. The number of hydrogen-bond acceptors (Lipinski definition) is 5. The maximum atomic E-state index is 12.5. The molecular formula is C24H16BrCl2IN2O3S. The predicted octanol–water partition coefficient (Wildman–Crippen LogP) is 7.84. The van der Waals surface area contributed by atoms with Gasteiger partial charge in [-0.15, -0.1) is 0 Å². The van der Waals surface area contributed by atoms with Crippen molar-refractivity contribution in [2.45, 2.75) is 6.61 Å². The monoisotopic (exact) mass is 688 g/mol. The molecule has 5 nitrogen and oxygen atoms in total. The Kier molecular flexibility index (Phi) is 8.47. The second kappa shape index (κ2) is 11.3. The van der Waals surface area contributed by atoms with Crippen molar-refractivity contribution in [1.82, 2.24) is 5.32 Å². The van der Waals surface area contributed by atoms with Gasteiger partial charge in [-0.05, 0) is 88.0 Å². The molecule has 1 fully saturated rings. The quantitative estimate of drug-likeness (QED) is 0.212. The second-order valence-electron chi connectivity index (χ2n) is 7.00. The van der Waals surface area contributed by atoms with Gasteiger partial charge in [0.15, 0.2) is 16.7 Å². The molecule has 3 aromatic rings. The summed E-state index contributed by atoms with van der Waals surface area (Å²) in [6.45, 7) is 0.407. The van der Waals surface area contributed by atoms with E-state index < -0.39 is 0 Å². The van der Waals surface area contributed by atoms with E-state index in [9.17, 15) is 4.79 Å². The Morgan fingerprint density at radius 2 is 1.94 bits per heavy atom. The number of halogens is 4. The number of aliphatic imine (C=N–C) groups is 1. The lowest BCUT2D eigenvalue weighted by Gasteiger charge is -2.14. The first kappa shape index (κ1) is 25.4. The number of nitrogens with one attached hydrogen (secondary N) is 1. The third-order valence-electron chi connectivity index (χ3n) is 4.65. The molecule has 4 rings (SSSR count). The molecule has 0 atom stereocenters. The van der Waals surface area contributed by atoms with Gasteiger partial charge in [0.05, 0.1) is 31.3 Å². The topological polar surface area (TPSA) is 59.9 Å². The first-order valence-corrected chi connectivity index (χ1v) is 13.3. The van der Waals surface area contributed by atoms with Crippen molar-refractivity contribution in [1.29, 1.82) is 0 Å². The summed E-state index contributed by atoms with van der Waals surface area (Å²) in [6.07, 6.45) is 1.78. The summed E-state index contributed by atoms with van der Waals surface area (Å²) < 4.78 is 13.5. The van der Waals surface area contributed by atoms with Gasteiger partial charge in [0, 0.05) is 4.47 Å². The Hall–Kier alpha value is -1.72. The molecule has 10 heteroatoms. The van der Waals surface area contributed by atoms with Gasteiger partial charge in [-0.3, -0.25) is 4.79 Å². The largest absolute Gasteiger partial charge is 0.493 e. The number of amides is 1. The summed E-state index contributed by atoms with van der Waals surface area (Å²) in [6, 6.07) is 16.9. The van der Waals surface area contributed by atoms with E-state index in [2.05, 4.69) is 48.8 Å². The highest BCUT2D eigenvalue weighted by Crippen LogP contribution is 2.37. The molecule has 174 valence electrons. The van der Waals surface area contributed by atoms with E-state index in [0.29, 0.717) is 43.9 Å². The minimum atomic E-state index is -0.244. The summed E-state index contributed by atoms with van der Waals surface area (Å²) in [5, 5.41) is 3.92. The SMILES string of the molecule is COc1cc(/C=C2/SC(=Nc3cccc(Cl)c3Cl)NC2=O)cc(I)c1OCc1ccc(Br)cc1. The highest BCUT2D eigenvalue weighted by Gasteiger charge is 2.24. The van der Waals surface area contributed by atoms with Crippen LogP contribution in [0.15, 0.2) is 69.0 Å². The highest BCUT2D eigenvalue weighted by atomic mass is 127. The molecule has 3 aromatic carbocycles. The zero-order valence-corrected chi connectivity index (χ0v) is 23.6. The number of methoxy groups -OCH3 is 1. The first-order valence-electron chi connectivity index (χ1n) is 9.82. The van der Waals surface area contributed by atoms with Crippen molar-refractivity contribution in [3.63, 3.8) is 0 Å². The molecule has 1 saturated heterocycles. The molecule has 1 N–H and O–H groups in total. The molecule has 34 heavy (non-hydrogen) atoms. The Morgan fingerprint density at radius 3 is 2.68 bits per heavy atom. The number of thioether (sulfide) groups is 1. The number of nitrogens with zero attached hydrogens (tertiary/aromatic N) is 1. The van der Waals surface area contributed by atoms with Gasteiger partial charge in [0.2, 0.25) is 0 Å². The van der Waals surface area contributed by atoms with Gasteiger partial charge in [0.25, 0.3) is 5.91 Å². The Balaban J connectivity index is 1.54. The van der Waals surface area contributed by atoms with Crippen LogP contribution in [0, 0.1) is 3.57 Å². The fourth-order valence-electron chi connectivity index (χ4n) is 3.02. The summed E-state index contributed by atoms with van der Waals surface area (Å²) in [7, 11) is 1.59. The average Bonchev–Trinajstić information content (AvgIpc) is 3.15. The summed E-state index contributed by atoms with van der Waals surface area (Å²) in [5.74, 6) is 0.986. The molecule has 0 bridgehead atoms. The molecule has 0 saturated carbocycles. The molecule has 1 heterocycles. The molecular weight excluding hydrogens is 674 g/mol. The van der Waals surface area contributed by atoms with Gasteiger partial charge < -0.3 is 14.8 Å². The number of carbonyl (C=O) groups excluding carboxylic acids is 1. The van der Waals surface area contributed by atoms with Gasteiger partial charge in [-0.1, -0.05) is 57.3 Å². The molecule has 1 aliphatic heterocycles. The number of ether oxygens (including phenoxy) is 2. The minimum Gasteiger partial charge on any atom is -0.493 e. The predicted molar refractivity (Wildman–Crippen MR) is 151 cm³/mol. The number of rotatable bonds is 6. The van der Waals surface area contributed by atoms with Crippen LogP contribution in [-0.4, -0.2) is 18.2 Å². The number of benzene rings is 3. The van der Waals surface area contributed by atoms with Crippen LogP contribution in [0.2, 0.25) is 10.0 Å². The van der Waals surface area contributed by atoms with Crippen molar-refractivity contribution >= 4 is 96.3 Å². The van der Waals surface area contributed by atoms with Crippen LogP contribution in [0.3, 0.4) is 0 Å². The van der Waals surface area contributed by atoms with Crippen molar-refractivity contribution in [3.05, 3.63) is 88.7 Å². The average molecular weight is 690 g/mol. The number of hydrogen-bond donors (Lipinski definition) is 1. The van der Waals surface area contributed by atoms with Gasteiger partial charge in [-0.25, -0.2) is 4.99 Å². The maximum absolute atomic E-state index is 12.5. The molecule has 0 radical (unpaired) electrons. The normalized spacial score (nSPS) is 15.6.